The normalized spacial score (nSPS) is 19.1. The van der Waals surface area contributed by atoms with E-state index in [1.54, 1.807) is 0 Å². The van der Waals surface area contributed by atoms with Gasteiger partial charge in [0.05, 0.1) is 13.1 Å². The van der Waals surface area contributed by atoms with E-state index in [4.69, 9.17) is 0 Å². The largest absolute Gasteiger partial charge is 0.335 e. The molecule has 1 aliphatic heterocycles. The fourth-order valence-electron chi connectivity index (χ4n) is 2.32. The van der Waals surface area contributed by atoms with Crippen LogP contribution in [-0.2, 0) is 0 Å². The highest BCUT2D eigenvalue weighted by atomic mass is 79.9. The number of halogens is 2. The molecule has 1 atom stereocenters. The van der Waals surface area contributed by atoms with Crippen molar-refractivity contribution in [2.24, 2.45) is 0 Å². The van der Waals surface area contributed by atoms with E-state index in [1.807, 2.05) is 11.0 Å². The lowest BCUT2D eigenvalue weighted by Crippen LogP contribution is -2.44. The third-order valence-electron chi connectivity index (χ3n) is 3.35. The molecule has 0 bridgehead atoms. The second kappa shape index (κ2) is 6.70. The van der Waals surface area contributed by atoms with Gasteiger partial charge < -0.3 is 10.2 Å². The van der Waals surface area contributed by atoms with Gasteiger partial charge >= 0.3 is 0 Å². The second-order valence-corrected chi connectivity index (χ2v) is 8.83. The first kappa shape index (κ1) is 15.5. The molecule has 1 N–H and O–H groups in total. The summed E-state index contributed by atoms with van der Waals surface area (Å²) in [4.78, 5) is 14.6. The minimum absolute atomic E-state index is 0.109. The first-order valence-corrected chi connectivity index (χ1v) is 8.88. The number of nitrogens with one attached hydrogen (secondary N) is 1. The molecule has 1 aromatic rings. The van der Waals surface area contributed by atoms with Crippen molar-refractivity contribution in [1.82, 2.24) is 10.2 Å². The summed E-state index contributed by atoms with van der Waals surface area (Å²) in [5.74, 6) is 0.109. The summed E-state index contributed by atoms with van der Waals surface area (Å²) < 4.78 is 1.87. The Bertz CT molecular complexity index is 455. The smallest absolute Gasteiger partial charge is 0.256 e. The SMILES string of the molecule is CC(C)N(CC1CCCN1)C(=O)c1cc(Br)sc1Br. The van der Waals surface area contributed by atoms with Gasteiger partial charge in [-0.05, 0) is 71.2 Å². The lowest BCUT2D eigenvalue weighted by molar-refractivity contribution is 0.0689. The minimum Gasteiger partial charge on any atom is -0.335 e. The van der Waals surface area contributed by atoms with Crippen LogP contribution in [0.25, 0.3) is 0 Å². The fraction of sp³-hybridized carbons (Fsp3) is 0.615. The number of amides is 1. The van der Waals surface area contributed by atoms with E-state index in [2.05, 4.69) is 51.0 Å². The van der Waals surface area contributed by atoms with Gasteiger partial charge in [-0.2, -0.15) is 0 Å². The Morgan fingerprint density at radius 1 is 1.58 bits per heavy atom. The van der Waals surface area contributed by atoms with Crippen LogP contribution in [0.3, 0.4) is 0 Å². The molecule has 6 heteroatoms. The van der Waals surface area contributed by atoms with Crippen LogP contribution < -0.4 is 5.32 Å². The van der Waals surface area contributed by atoms with Crippen molar-refractivity contribution in [3.8, 4) is 0 Å². The predicted octanol–water partition coefficient (Wildman–Crippen LogP) is 3.88. The molecule has 0 aliphatic carbocycles. The van der Waals surface area contributed by atoms with Gasteiger partial charge in [0.15, 0.2) is 0 Å². The fourth-order valence-corrected chi connectivity index (χ4v) is 5.10. The first-order chi connectivity index (χ1) is 8.99. The highest BCUT2D eigenvalue weighted by Crippen LogP contribution is 2.33. The number of thiophene rings is 1. The highest BCUT2D eigenvalue weighted by molar-refractivity contribution is 9.12. The highest BCUT2D eigenvalue weighted by Gasteiger charge is 2.26. The Morgan fingerprint density at radius 2 is 2.32 bits per heavy atom. The van der Waals surface area contributed by atoms with Crippen molar-refractivity contribution < 1.29 is 4.79 Å². The van der Waals surface area contributed by atoms with E-state index in [-0.39, 0.29) is 11.9 Å². The summed E-state index contributed by atoms with van der Waals surface area (Å²) in [5.41, 5.74) is 0.753. The topological polar surface area (TPSA) is 32.3 Å². The molecule has 1 amide bonds. The van der Waals surface area contributed by atoms with Crippen LogP contribution in [0.1, 0.15) is 37.0 Å². The van der Waals surface area contributed by atoms with Gasteiger partial charge in [0.1, 0.15) is 0 Å². The van der Waals surface area contributed by atoms with E-state index in [1.165, 1.54) is 17.8 Å². The molecular formula is C13H18Br2N2OS. The van der Waals surface area contributed by atoms with Crippen LogP contribution in [0.4, 0.5) is 0 Å². The third kappa shape index (κ3) is 3.80. The molecule has 0 aromatic carbocycles. The van der Waals surface area contributed by atoms with Gasteiger partial charge in [0.2, 0.25) is 0 Å². The van der Waals surface area contributed by atoms with Gasteiger partial charge in [-0.1, -0.05) is 0 Å². The van der Waals surface area contributed by atoms with E-state index in [9.17, 15) is 4.79 Å². The van der Waals surface area contributed by atoms with Gasteiger partial charge in [0.25, 0.3) is 5.91 Å². The molecule has 19 heavy (non-hydrogen) atoms. The van der Waals surface area contributed by atoms with E-state index < -0.39 is 0 Å². The first-order valence-electron chi connectivity index (χ1n) is 6.48. The summed E-state index contributed by atoms with van der Waals surface area (Å²) in [5, 5.41) is 3.46. The summed E-state index contributed by atoms with van der Waals surface area (Å²) in [6.07, 6.45) is 2.36. The lowest BCUT2D eigenvalue weighted by atomic mass is 10.1. The van der Waals surface area contributed by atoms with Crippen molar-refractivity contribution in [1.29, 1.82) is 0 Å². The van der Waals surface area contributed by atoms with Crippen molar-refractivity contribution >= 4 is 49.1 Å². The Balaban J connectivity index is 2.14. The Hall–Kier alpha value is 0.0900. The molecule has 2 rings (SSSR count). The van der Waals surface area contributed by atoms with Crippen molar-refractivity contribution in [2.45, 2.75) is 38.8 Å². The van der Waals surface area contributed by atoms with Crippen LogP contribution in [0.2, 0.25) is 0 Å². The van der Waals surface area contributed by atoms with Crippen molar-refractivity contribution in [2.75, 3.05) is 13.1 Å². The van der Waals surface area contributed by atoms with Crippen LogP contribution in [0, 0.1) is 0 Å². The minimum atomic E-state index is 0.109. The molecule has 0 spiro atoms. The number of hydrogen-bond donors (Lipinski definition) is 1. The number of nitrogens with zero attached hydrogens (tertiary/aromatic N) is 1. The van der Waals surface area contributed by atoms with Crippen LogP contribution in [0.15, 0.2) is 13.6 Å². The Labute approximate surface area is 135 Å². The zero-order valence-electron chi connectivity index (χ0n) is 11.1. The number of rotatable bonds is 4. The second-order valence-electron chi connectivity index (χ2n) is 5.08. The average molecular weight is 410 g/mol. The van der Waals surface area contributed by atoms with Crippen LogP contribution >= 0.6 is 43.2 Å². The van der Waals surface area contributed by atoms with Crippen LogP contribution in [0.5, 0.6) is 0 Å². The molecule has 2 heterocycles. The number of carbonyl (C=O) groups is 1. The lowest BCUT2D eigenvalue weighted by Gasteiger charge is -2.29. The maximum absolute atomic E-state index is 12.7. The molecule has 3 nitrogen and oxygen atoms in total. The van der Waals surface area contributed by atoms with Crippen LogP contribution in [-0.4, -0.2) is 36.0 Å². The molecule has 1 unspecified atom stereocenters. The molecular weight excluding hydrogens is 392 g/mol. The monoisotopic (exact) mass is 408 g/mol. The van der Waals surface area contributed by atoms with E-state index in [0.29, 0.717) is 6.04 Å². The number of carbonyl (C=O) groups excluding carboxylic acids is 1. The predicted molar refractivity (Wildman–Crippen MR) is 86.9 cm³/mol. The van der Waals surface area contributed by atoms with Crippen molar-refractivity contribution in [3.63, 3.8) is 0 Å². The molecule has 0 saturated carbocycles. The summed E-state index contributed by atoms with van der Waals surface area (Å²) >= 11 is 8.44. The van der Waals surface area contributed by atoms with Crippen molar-refractivity contribution in [3.05, 3.63) is 19.2 Å². The molecule has 1 aliphatic rings. The quantitative estimate of drug-likeness (QED) is 0.818. The summed E-state index contributed by atoms with van der Waals surface area (Å²) in [7, 11) is 0. The van der Waals surface area contributed by atoms with Gasteiger partial charge in [-0.3, -0.25) is 4.79 Å². The Morgan fingerprint density at radius 3 is 2.79 bits per heavy atom. The third-order valence-corrected chi connectivity index (χ3v) is 5.69. The molecule has 1 fully saturated rings. The van der Waals surface area contributed by atoms with Gasteiger partial charge in [0, 0.05) is 18.6 Å². The number of hydrogen-bond acceptors (Lipinski definition) is 3. The Kier molecular flexibility index (Phi) is 5.45. The standard InChI is InChI=1S/C13H18Br2N2OS/c1-8(2)17(7-9-4-3-5-16-9)13(18)10-6-11(14)19-12(10)15/h6,8-9,16H,3-5,7H2,1-2H3. The van der Waals surface area contributed by atoms with E-state index in [0.717, 1.165) is 32.6 Å². The maximum atomic E-state index is 12.7. The maximum Gasteiger partial charge on any atom is 0.256 e. The molecule has 1 saturated heterocycles. The molecule has 1 aromatic heterocycles. The molecule has 0 radical (unpaired) electrons. The van der Waals surface area contributed by atoms with Gasteiger partial charge in [-0.25, -0.2) is 0 Å². The zero-order valence-corrected chi connectivity index (χ0v) is 15.1. The summed E-state index contributed by atoms with van der Waals surface area (Å²) in [6.45, 7) is 6.00. The molecule has 106 valence electrons. The van der Waals surface area contributed by atoms with E-state index >= 15 is 0 Å². The average Bonchev–Trinajstić information content (AvgIpc) is 2.94. The van der Waals surface area contributed by atoms with Gasteiger partial charge in [-0.15, -0.1) is 11.3 Å². The zero-order chi connectivity index (χ0) is 14.0. The summed E-state index contributed by atoms with van der Waals surface area (Å²) in [6, 6.07) is 2.54.